The van der Waals surface area contributed by atoms with Crippen molar-refractivity contribution in [1.82, 2.24) is 20.0 Å². The van der Waals surface area contributed by atoms with E-state index in [1.165, 1.54) is 26.2 Å². The van der Waals surface area contributed by atoms with Crippen molar-refractivity contribution in [3.8, 4) is 11.6 Å². The predicted molar refractivity (Wildman–Crippen MR) is 76.7 cm³/mol. The summed E-state index contributed by atoms with van der Waals surface area (Å²) in [7, 11) is 0. The maximum absolute atomic E-state index is 11.4. The van der Waals surface area contributed by atoms with Gasteiger partial charge < -0.3 is 9.73 Å². The Morgan fingerprint density at radius 1 is 1.33 bits per heavy atom. The second-order valence-electron chi connectivity index (χ2n) is 5.46. The molecule has 1 fully saturated rings. The third kappa shape index (κ3) is 2.96. The molecule has 0 unspecified atom stereocenters. The number of aryl methyl sites for hydroxylation is 1. The molecule has 2 aromatic rings. The number of amides is 1. The summed E-state index contributed by atoms with van der Waals surface area (Å²) in [5, 5.41) is 15.2. The fourth-order valence-corrected chi connectivity index (χ4v) is 2.78. The van der Waals surface area contributed by atoms with E-state index in [0.29, 0.717) is 29.3 Å². The molecule has 7 nitrogen and oxygen atoms in total. The zero-order valence-electron chi connectivity index (χ0n) is 12.3. The molecular weight excluding hydrogens is 270 g/mol. The summed E-state index contributed by atoms with van der Waals surface area (Å²) in [6.07, 6.45) is 5.81. The number of aromatic nitrogens is 4. The monoisotopic (exact) mass is 289 g/mol. The smallest absolute Gasteiger partial charge is 0.268 e. The number of nitrogens with one attached hydrogen (secondary N) is 1. The van der Waals surface area contributed by atoms with E-state index in [-0.39, 0.29) is 5.91 Å². The topological polar surface area (TPSA) is 85.8 Å². The van der Waals surface area contributed by atoms with Crippen molar-refractivity contribution in [1.29, 1.82) is 0 Å². The number of carbonyl (C=O) groups is 1. The Labute approximate surface area is 122 Å². The van der Waals surface area contributed by atoms with Crippen LogP contribution in [0, 0.1) is 6.92 Å². The van der Waals surface area contributed by atoms with Gasteiger partial charge in [-0.15, -0.1) is 10.2 Å². The van der Waals surface area contributed by atoms with Crippen LogP contribution in [0.25, 0.3) is 11.6 Å². The number of hydrogen-bond acceptors (Lipinski definition) is 5. The molecule has 0 saturated heterocycles. The quantitative estimate of drug-likeness (QED) is 0.938. The molecule has 21 heavy (non-hydrogen) atoms. The van der Waals surface area contributed by atoms with E-state index in [1.54, 1.807) is 13.0 Å². The van der Waals surface area contributed by atoms with E-state index in [0.717, 1.165) is 12.8 Å². The normalized spacial score (nSPS) is 16.1. The highest BCUT2D eigenvalue weighted by molar-refractivity contribution is 5.88. The van der Waals surface area contributed by atoms with Gasteiger partial charge in [0.15, 0.2) is 5.69 Å². The van der Waals surface area contributed by atoms with E-state index >= 15 is 0 Å². The molecule has 0 radical (unpaired) electrons. The van der Waals surface area contributed by atoms with Crippen LogP contribution in [0.3, 0.4) is 0 Å². The lowest BCUT2D eigenvalue weighted by molar-refractivity contribution is -0.114. The van der Waals surface area contributed by atoms with Gasteiger partial charge in [-0.25, -0.2) is 4.68 Å². The molecule has 0 bridgehead atoms. The molecule has 0 atom stereocenters. The summed E-state index contributed by atoms with van der Waals surface area (Å²) < 4.78 is 7.32. The Kier molecular flexibility index (Phi) is 3.72. The Hall–Kier alpha value is -2.18. The van der Waals surface area contributed by atoms with Gasteiger partial charge in [-0.05, 0) is 12.8 Å². The van der Waals surface area contributed by atoms with Gasteiger partial charge in [-0.3, -0.25) is 4.79 Å². The summed E-state index contributed by atoms with van der Waals surface area (Å²) in [5.41, 5.74) is 0.602. The molecule has 3 rings (SSSR count). The van der Waals surface area contributed by atoms with Crippen LogP contribution in [0.5, 0.6) is 0 Å². The SMILES string of the molecule is CC(=O)Nc1cc(-c2nnc(C)o2)nn1C1CCCCC1. The zero-order chi connectivity index (χ0) is 14.8. The van der Waals surface area contributed by atoms with Crippen molar-refractivity contribution in [2.45, 2.75) is 52.0 Å². The molecule has 1 amide bonds. The predicted octanol–water partition coefficient (Wildman–Crippen LogP) is 2.71. The second-order valence-corrected chi connectivity index (χ2v) is 5.46. The fourth-order valence-electron chi connectivity index (χ4n) is 2.78. The lowest BCUT2D eigenvalue weighted by atomic mass is 9.96. The lowest BCUT2D eigenvalue weighted by Crippen LogP contribution is -2.18. The van der Waals surface area contributed by atoms with E-state index in [1.807, 2.05) is 4.68 Å². The van der Waals surface area contributed by atoms with Gasteiger partial charge in [-0.1, -0.05) is 19.3 Å². The van der Waals surface area contributed by atoms with E-state index in [9.17, 15) is 4.79 Å². The van der Waals surface area contributed by atoms with Gasteiger partial charge >= 0.3 is 0 Å². The van der Waals surface area contributed by atoms with Crippen molar-refractivity contribution >= 4 is 11.7 Å². The number of carbonyl (C=O) groups excluding carboxylic acids is 1. The van der Waals surface area contributed by atoms with Crippen LogP contribution in [-0.4, -0.2) is 25.9 Å². The van der Waals surface area contributed by atoms with Gasteiger partial charge in [0.25, 0.3) is 5.89 Å². The Morgan fingerprint density at radius 3 is 2.71 bits per heavy atom. The van der Waals surface area contributed by atoms with Crippen LogP contribution in [-0.2, 0) is 4.79 Å². The average Bonchev–Trinajstić information content (AvgIpc) is 3.06. The van der Waals surface area contributed by atoms with Crippen molar-refractivity contribution < 1.29 is 9.21 Å². The third-order valence-electron chi connectivity index (χ3n) is 3.71. The highest BCUT2D eigenvalue weighted by atomic mass is 16.4. The molecule has 2 aromatic heterocycles. The van der Waals surface area contributed by atoms with E-state index in [4.69, 9.17) is 4.42 Å². The first-order chi connectivity index (χ1) is 10.1. The molecule has 1 saturated carbocycles. The molecule has 0 spiro atoms. The van der Waals surface area contributed by atoms with Crippen molar-refractivity contribution in [2.75, 3.05) is 5.32 Å². The number of rotatable bonds is 3. The van der Waals surface area contributed by atoms with Gasteiger partial charge in [0.1, 0.15) is 5.82 Å². The summed E-state index contributed by atoms with van der Waals surface area (Å²) in [5.74, 6) is 1.47. The Morgan fingerprint density at radius 2 is 2.10 bits per heavy atom. The number of hydrogen-bond donors (Lipinski definition) is 1. The molecular formula is C14H19N5O2. The van der Waals surface area contributed by atoms with E-state index in [2.05, 4.69) is 20.6 Å². The Balaban J connectivity index is 1.95. The third-order valence-corrected chi connectivity index (χ3v) is 3.71. The summed E-state index contributed by atoms with van der Waals surface area (Å²) in [4.78, 5) is 11.4. The van der Waals surface area contributed by atoms with Crippen LogP contribution in [0.4, 0.5) is 5.82 Å². The zero-order valence-corrected chi connectivity index (χ0v) is 12.3. The maximum Gasteiger partial charge on any atom is 0.268 e. The summed E-state index contributed by atoms with van der Waals surface area (Å²) in [6.45, 7) is 3.23. The van der Waals surface area contributed by atoms with Crippen LogP contribution in [0.1, 0.15) is 51.0 Å². The first-order valence-corrected chi connectivity index (χ1v) is 7.31. The van der Waals surface area contributed by atoms with Crippen molar-refractivity contribution in [3.63, 3.8) is 0 Å². The van der Waals surface area contributed by atoms with Gasteiger partial charge in [0.05, 0.1) is 6.04 Å². The maximum atomic E-state index is 11.4. The van der Waals surface area contributed by atoms with Gasteiger partial charge in [-0.2, -0.15) is 5.10 Å². The van der Waals surface area contributed by atoms with Crippen LogP contribution in [0.2, 0.25) is 0 Å². The van der Waals surface area contributed by atoms with Crippen LogP contribution >= 0.6 is 0 Å². The largest absolute Gasteiger partial charge is 0.420 e. The van der Waals surface area contributed by atoms with Crippen LogP contribution in [0.15, 0.2) is 10.5 Å². The first-order valence-electron chi connectivity index (χ1n) is 7.31. The molecule has 2 heterocycles. The highest BCUT2D eigenvalue weighted by Gasteiger charge is 2.22. The van der Waals surface area contributed by atoms with Gasteiger partial charge in [0, 0.05) is 19.9 Å². The number of anilines is 1. The first kappa shape index (κ1) is 13.8. The fraction of sp³-hybridized carbons (Fsp3) is 0.571. The van der Waals surface area contributed by atoms with Crippen LogP contribution < -0.4 is 5.32 Å². The van der Waals surface area contributed by atoms with Gasteiger partial charge in [0.2, 0.25) is 11.8 Å². The molecule has 1 aliphatic rings. The number of nitrogens with zero attached hydrogens (tertiary/aromatic N) is 4. The Bertz CT molecular complexity index is 640. The molecule has 7 heteroatoms. The minimum absolute atomic E-state index is 0.111. The standard InChI is InChI=1S/C14H19N5O2/c1-9(20)15-13-8-12(14-17-16-10(2)21-14)18-19(13)11-6-4-3-5-7-11/h8,11H,3-7H2,1-2H3,(H,15,20). The summed E-state index contributed by atoms with van der Waals surface area (Å²) >= 11 is 0. The molecule has 1 N–H and O–H groups in total. The lowest BCUT2D eigenvalue weighted by Gasteiger charge is -2.23. The average molecular weight is 289 g/mol. The summed E-state index contributed by atoms with van der Waals surface area (Å²) in [6, 6.07) is 2.11. The van der Waals surface area contributed by atoms with Crippen molar-refractivity contribution in [2.24, 2.45) is 0 Å². The minimum atomic E-state index is -0.111. The molecule has 112 valence electrons. The highest BCUT2D eigenvalue weighted by Crippen LogP contribution is 2.32. The molecule has 1 aliphatic carbocycles. The molecule has 0 aromatic carbocycles. The van der Waals surface area contributed by atoms with E-state index < -0.39 is 0 Å². The second kappa shape index (κ2) is 5.67. The van der Waals surface area contributed by atoms with Crippen molar-refractivity contribution in [3.05, 3.63) is 12.0 Å². The minimum Gasteiger partial charge on any atom is -0.420 e. The molecule has 0 aliphatic heterocycles.